The molecule has 4 N–H and O–H groups in total. The number of rotatable bonds is 7. The van der Waals surface area contributed by atoms with Gasteiger partial charge in [-0.25, -0.2) is 27.9 Å². The van der Waals surface area contributed by atoms with E-state index in [-0.39, 0.29) is 17.1 Å². The maximum absolute atomic E-state index is 12.4. The minimum atomic E-state index is -4.12. The minimum absolute atomic E-state index is 0.0414. The Morgan fingerprint density at radius 3 is 2.47 bits per heavy atom. The van der Waals surface area contributed by atoms with E-state index in [0.29, 0.717) is 11.4 Å². The topological polar surface area (TPSA) is 132 Å². The largest absolute Gasteiger partial charge is 0.398 e. The van der Waals surface area contributed by atoms with Crippen LogP contribution in [0.2, 0.25) is 5.02 Å². The Bertz CT molecular complexity index is 1550. The molecule has 0 aliphatic carbocycles. The SMILES string of the molecule is CCc1nc2c(C)cc(C)nc2n1-c1ccc(CCNC(=O)NS(=O)(=O)c2ccc(Cl)cc2N)cc1. The summed E-state index contributed by atoms with van der Waals surface area (Å²) in [6.45, 7) is 6.31. The van der Waals surface area contributed by atoms with Crippen LogP contribution in [0.15, 0.2) is 53.4 Å². The average Bonchev–Trinajstić information content (AvgIpc) is 3.17. The van der Waals surface area contributed by atoms with Gasteiger partial charge in [-0.05, 0) is 67.8 Å². The number of nitrogens with zero attached hydrogens (tertiary/aromatic N) is 3. The lowest BCUT2D eigenvalue weighted by Crippen LogP contribution is -2.40. The van der Waals surface area contributed by atoms with Crippen molar-refractivity contribution in [1.29, 1.82) is 0 Å². The third-order valence-corrected chi connectivity index (χ3v) is 7.34. The zero-order valence-corrected chi connectivity index (χ0v) is 21.7. The van der Waals surface area contributed by atoms with Crippen molar-refractivity contribution in [3.05, 3.63) is 76.2 Å². The van der Waals surface area contributed by atoms with E-state index in [1.165, 1.54) is 18.2 Å². The molecule has 4 aromatic rings. The third-order valence-electron chi connectivity index (χ3n) is 5.70. The van der Waals surface area contributed by atoms with E-state index in [1.54, 1.807) is 0 Å². The molecule has 0 aliphatic heterocycles. The smallest absolute Gasteiger partial charge is 0.328 e. The number of nitrogen functional groups attached to an aromatic ring is 1. The molecule has 2 heterocycles. The summed E-state index contributed by atoms with van der Waals surface area (Å²) in [6.07, 6.45) is 1.28. The van der Waals surface area contributed by atoms with Gasteiger partial charge in [-0.15, -0.1) is 0 Å². The summed E-state index contributed by atoms with van der Waals surface area (Å²) in [5, 5.41) is 2.87. The Hall–Kier alpha value is -3.63. The molecule has 0 radical (unpaired) electrons. The Balaban J connectivity index is 1.41. The molecule has 11 heteroatoms. The fraction of sp³-hybridized carbons (Fsp3) is 0.240. The number of aromatic nitrogens is 3. The summed E-state index contributed by atoms with van der Waals surface area (Å²) >= 11 is 5.81. The number of nitrogens with one attached hydrogen (secondary N) is 2. The Morgan fingerprint density at radius 2 is 1.81 bits per heavy atom. The van der Waals surface area contributed by atoms with Gasteiger partial charge in [0.25, 0.3) is 10.0 Å². The number of urea groups is 1. The van der Waals surface area contributed by atoms with Crippen LogP contribution in [-0.2, 0) is 22.9 Å². The van der Waals surface area contributed by atoms with Crippen molar-refractivity contribution in [2.45, 2.75) is 38.5 Å². The van der Waals surface area contributed by atoms with Crippen molar-refractivity contribution in [2.75, 3.05) is 12.3 Å². The summed E-state index contributed by atoms with van der Waals surface area (Å²) in [5.74, 6) is 0.930. The monoisotopic (exact) mass is 526 g/mol. The first kappa shape index (κ1) is 25.5. The fourth-order valence-corrected chi connectivity index (χ4v) is 5.25. The van der Waals surface area contributed by atoms with E-state index in [0.717, 1.165) is 45.9 Å². The van der Waals surface area contributed by atoms with Crippen molar-refractivity contribution < 1.29 is 13.2 Å². The van der Waals surface area contributed by atoms with Crippen LogP contribution in [-0.4, -0.2) is 35.5 Å². The second-order valence-corrected chi connectivity index (χ2v) is 10.5. The lowest BCUT2D eigenvalue weighted by molar-refractivity contribution is 0.246. The number of aryl methyl sites for hydroxylation is 3. The second-order valence-electron chi connectivity index (χ2n) is 8.43. The van der Waals surface area contributed by atoms with Crippen LogP contribution in [0.25, 0.3) is 16.9 Å². The first-order valence-corrected chi connectivity index (χ1v) is 13.3. The van der Waals surface area contributed by atoms with Crippen LogP contribution in [0.3, 0.4) is 0 Å². The van der Waals surface area contributed by atoms with Gasteiger partial charge in [-0.2, -0.15) is 0 Å². The molecule has 2 aromatic carbocycles. The zero-order valence-electron chi connectivity index (χ0n) is 20.2. The minimum Gasteiger partial charge on any atom is -0.398 e. The summed E-state index contributed by atoms with van der Waals surface area (Å²) in [6, 6.07) is 13.1. The van der Waals surface area contributed by atoms with Crippen molar-refractivity contribution in [3.8, 4) is 5.69 Å². The number of amides is 2. The quantitative estimate of drug-likeness (QED) is 0.311. The van der Waals surface area contributed by atoms with Crippen LogP contribution in [0.5, 0.6) is 0 Å². The van der Waals surface area contributed by atoms with E-state index in [9.17, 15) is 13.2 Å². The Labute approximate surface area is 214 Å². The van der Waals surface area contributed by atoms with Crippen LogP contribution >= 0.6 is 11.6 Å². The normalized spacial score (nSPS) is 11.6. The average molecular weight is 527 g/mol. The highest BCUT2D eigenvalue weighted by Gasteiger charge is 2.20. The number of pyridine rings is 1. The molecule has 4 rings (SSSR count). The highest BCUT2D eigenvalue weighted by atomic mass is 35.5. The molecule has 9 nitrogen and oxygen atoms in total. The first-order valence-electron chi connectivity index (χ1n) is 11.4. The fourth-order valence-electron chi connectivity index (χ4n) is 4.02. The van der Waals surface area contributed by atoms with Crippen LogP contribution in [0.1, 0.15) is 29.6 Å². The number of hydrogen-bond acceptors (Lipinski definition) is 6. The molecule has 0 aliphatic rings. The summed E-state index contributed by atoms with van der Waals surface area (Å²) in [7, 11) is -4.12. The number of anilines is 1. The zero-order chi connectivity index (χ0) is 26.0. The van der Waals surface area contributed by atoms with Gasteiger partial charge in [0.1, 0.15) is 16.2 Å². The number of sulfonamides is 1. The van der Waals surface area contributed by atoms with Gasteiger partial charge < -0.3 is 11.1 Å². The van der Waals surface area contributed by atoms with Crippen molar-refractivity contribution in [1.82, 2.24) is 24.6 Å². The van der Waals surface area contributed by atoms with E-state index in [4.69, 9.17) is 27.3 Å². The number of benzene rings is 2. The molecular weight excluding hydrogens is 500 g/mol. The summed E-state index contributed by atoms with van der Waals surface area (Å²) in [5.41, 5.74) is 11.4. The number of imidazole rings is 1. The Kier molecular flexibility index (Phi) is 7.18. The lowest BCUT2D eigenvalue weighted by atomic mass is 10.1. The standard InChI is InChI=1S/C25H27ClN6O3S/c1-4-22-30-23-15(2)13-16(3)29-24(23)32(22)19-8-5-17(6-9-19)11-12-28-25(33)31-36(34,35)21-10-7-18(26)14-20(21)27/h5-10,13-14H,4,11-12,27H2,1-3H3,(H2,28,31,33). The van der Waals surface area contributed by atoms with Gasteiger partial charge in [0.2, 0.25) is 0 Å². The molecule has 0 spiro atoms. The highest BCUT2D eigenvalue weighted by Crippen LogP contribution is 2.24. The maximum Gasteiger partial charge on any atom is 0.328 e. The van der Waals surface area contributed by atoms with Crippen molar-refractivity contribution in [3.63, 3.8) is 0 Å². The molecule has 2 amide bonds. The summed E-state index contributed by atoms with van der Waals surface area (Å²) < 4.78 is 28.9. The van der Waals surface area contributed by atoms with Crippen LogP contribution in [0.4, 0.5) is 10.5 Å². The number of halogens is 1. The number of hydrogen-bond donors (Lipinski definition) is 3. The predicted molar refractivity (Wildman–Crippen MR) is 141 cm³/mol. The molecule has 0 atom stereocenters. The van der Waals surface area contributed by atoms with Crippen molar-refractivity contribution >= 4 is 44.5 Å². The molecule has 0 bridgehead atoms. The highest BCUT2D eigenvalue weighted by molar-refractivity contribution is 7.90. The molecular formula is C25H27ClN6O3S. The van der Waals surface area contributed by atoms with Gasteiger partial charge in [0.05, 0.1) is 5.69 Å². The molecule has 2 aromatic heterocycles. The number of fused-ring (bicyclic) bond motifs is 1. The molecule has 0 saturated carbocycles. The molecule has 0 unspecified atom stereocenters. The number of carbonyl (C=O) groups is 1. The van der Waals surface area contributed by atoms with E-state index in [1.807, 2.05) is 48.9 Å². The second kappa shape index (κ2) is 10.2. The van der Waals surface area contributed by atoms with Gasteiger partial charge in [0, 0.05) is 29.4 Å². The van der Waals surface area contributed by atoms with Gasteiger partial charge in [-0.1, -0.05) is 30.7 Å². The Morgan fingerprint density at radius 1 is 1.08 bits per heavy atom. The molecule has 0 saturated heterocycles. The number of carbonyl (C=O) groups excluding carboxylic acids is 1. The van der Waals surface area contributed by atoms with E-state index < -0.39 is 16.1 Å². The predicted octanol–water partition coefficient (Wildman–Crippen LogP) is 4.07. The van der Waals surface area contributed by atoms with E-state index in [2.05, 4.69) is 16.8 Å². The van der Waals surface area contributed by atoms with Crippen LogP contribution < -0.4 is 15.8 Å². The first-order chi connectivity index (χ1) is 17.1. The summed E-state index contributed by atoms with van der Waals surface area (Å²) in [4.78, 5) is 21.5. The molecule has 0 fully saturated rings. The van der Waals surface area contributed by atoms with Gasteiger partial charge in [-0.3, -0.25) is 4.57 Å². The van der Waals surface area contributed by atoms with E-state index >= 15 is 0 Å². The van der Waals surface area contributed by atoms with Gasteiger partial charge >= 0.3 is 6.03 Å². The van der Waals surface area contributed by atoms with Crippen molar-refractivity contribution in [2.24, 2.45) is 0 Å². The van der Waals surface area contributed by atoms with Crippen LogP contribution in [0, 0.1) is 13.8 Å². The lowest BCUT2D eigenvalue weighted by Gasteiger charge is -2.11. The third kappa shape index (κ3) is 5.29. The molecule has 36 heavy (non-hydrogen) atoms. The number of nitrogens with two attached hydrogens (primary N) is 1. The van der Waals surface area contributed by atoms with Gasteiger partial charge in [0.15, 0.2) is 5.65 Å². The maximum atomic E-state index is 12.4. The molecule has 188 valence electrons.